The molecule has 5 aromatic carbocycles. The highest BCUT2D eigenvalue weighted by molar-refractivity contribution is 5.91. The standard InChI is InChI=1S/C38H32N2O4/c1-23(2)25-5-13-29(14-6-25)41-31-17-9-27(10-18-31)37-39-33-21-34-36(22-35(33)43-37)44-38(40-34)28-11-19-32(20-12-28)42-30-15-7-26(8-16-30)24(3)4/h5-24H,1-4H3. The zero-order valence-corrected chi connectivity index (χ0v) is 25.1. The normalized spacial score (nSPS) is 11.6. The Morgan fingerprint density at radius 1 is 0.455 bits per heavy atom. The molecule has 0 atom stereocenters. The molecule has 0 N–H and O–H groups in total. The van der Waals surface area contributed by atoms with Gasteiger partial charge in [-0.2, -0.15) is 0 Å². The first-order valence-electron chi connectivity index (χ1n) is 14.9. The minimum atomic E-state index is 0.484. The first-order chi connectivity index (χ1) is 21.4. The second kappa shape index (κ2) is 11.4. The van der Waals surface area contributed by atoms with E-state index in [-0.39, 0.29) is 0 Å². The number of hydrogen-bond acceptors (Lipinski definition) is 6. The summed E-state index contributed by atoms with van der Waals surface area (Å²) in [5.74, 6) is 5.11. The first kappa shape index (κ1) is 27.5. The van der Waals surface area contributed by atoms with Gasteiger partial charge in [-0.05, 0) is 102 Å². The van der Waals surface area contributed by atoms with Crippen LogP contribution in [0.4, 0.5) is 0 Å². The molecular weight excluding hydrogens is 548 g/mol. The van der Waals surface area contributed by atoms with E-state index in [9.17, 15) is 0 Å². The highest BCUT2D eigenvalue weighted by Crippen LogP contribution is 2.33. The highest BCUT2D eigenvalue weighted by atomic mass is 16.5. The van der Waals surface area contributed by atoms with E-state index < -0.39 is 0 Å². The number of ether oxygens (including phenoxy) is 2. The summed E-state index contributed by atoms with van der Waals surface area (Å²) >= 11 is 0. The highest BCUT2D eigenvalue weighted by Gasteiger charge is 2.15. The minimum absolute atomic E-state index is 0.484. The molecule has 7 rings (SSSR count). The molecule has 44 heavy (non-hydrogen) atoms. The molecule has 7 aromatic rings. The second-order valence-electron chi connectivity index (χ2n) is 11.5. The van der Waals surface area contributed by atoms with Crippen molar-refractivity contribution in [2.75, 3.05) is 0 Å². The van der Waals surface area contributed by atoms with E-state index in [2.05, 4.69) is 52.0 Å². The summed E-state index contributed by atoms with van der Waals surface area (Å²) in [6.45, 7) is 8.71. The number of nitrogens with zero attached hydrogens (tertiary/aromatic N) is 2. The molecule has 0 fully saturated rings. The monoisotopic (exact) mass is 580 g/mol. The molecule has 0 aliphatic heterocycles. The van der Waals surface area contributed by atoms with E-state index in [1.54, 1.807) is 0 Å². The molecule has 2 aromatic heterocycles. The van der Waals surface area contributed by atoms with Gasteiger partial charge in [0.15, 0.2) is 11.2 Å². The first-order valence-corrected chi connectivity index (χ1v) is 14.9. The molecule has 0 unspecified atom stereocenters. The Labute approximate surface area is 255 Å². The molecule has 0 aliphatic rings. The summed E-state index contributed by atoms with van der Waals surface area (Å²) in [7, 11) is 0. The van der Waals surface area contributed by atoms with Gasteiger partial charge < -0.3 is 18.3 Å². The van der Waals surface area contributed by atoms with Crippen LogP contribution in [-0.4, -0.2) is 9.97 Å². The van der Waals surface area contributed by atoms with Crippen LogP contribution >= 0.6 is 0 Å². The van der Waals surface area contributed by atoms with Crippen molar-refractivity contribution >= 4 is 22.2 Å². The van der Waals surface area contributed by atoms with Crippen molar-refractivity contribution in [1.82, 2.24) is 9.97 Å². The number of aromatic nitrogens is 2. The number of oxazole rings is 2. The largest absolute Gasteiger partial charge is 0.457 e. The van der Waals surface area contributed by atoms with Crippen LogP contribution in [0, 0.1) is 0 Å². The lowest BCUT2D eigenvalue weighted by atomic mass is 10.0. The fourth-order valence-electron chi connectivity index (χ4n) is 5.04. The second-order valence-corrected chi connectivity index (χ2v) is 11.5. The van der Waals surface area contributed by atoms with Crippen molar-refractivity contribution in [2.24, 2.45) is 0 Å². The summed E-state index contributed by atoms with van der Waals surface area (Å²) in [6, 6.07) is 35.5. The van der Waals surface area contributed by atoms with E-state index in [0.717, 1.165) is 34.1 Å². The van der Waals surface area contributed by atoms with Crippen LogP contribution in [0.3, 0.4) is 0 Å². The van der Waals surface area contributed by atoms with Gasteiger partial charge in [-0.15, -0.1) is 0 Å². The quantitative estimate of drug-likeness (QED) is 0.178. The minimum Gasteiger partial charge on any atom is -0.457 e. The summed E-state index contributed by atoms with van der Waals surface area (Å²) in [5, 5.41) is 0. The van der Waals surface area contributed by atoms with Gasteiger partial charge in [0.05, 0.1) is 0 Å². The van der Waals surface area contributed by atoms with Gasteiger partial charge in [0.1, 0.15) is 34.0 Å². The van der Waals surface area contributed by atoms with Crippen molar-refractivity contribution in [3.05, 3.63) is 120 Å². The molecule has 6 nitrogen and oxygen atoms in total. The SMILES string of the molecule is CC(C)c1ccc(Oc2ccc(-c3nc4cc5nc(-c6ccc(Oc7ccc(C(C)C)cc7)cc6)oc5cc4o3)cc2)cc1. The maximum absolute atomic E-state index is 6.11. The fourth-order valence-corrected chi connectivity index (χ4v) is 5.04. The van der Waals surface area contributed by atoms with E-state index in [4.69, 9.17) is 28.3 Å². The molecule has 0 bridgehead atoms. The molecule has 0 aliphatic carbocycles. The number of benzene rings is 5. The zero-order valence-electron chi connectivity index (χ0n) is 25.1. The van der Waals surface area contributed by atoms with Gasteiger partial charge >= 0.3 is 0 Å². The lowest BCUT2D eigenvalue weighted by Gasteiger charge is -2.09. The van der Waals surface area contributed by atoms with Crippen molar-refractivity contribution in [2.45, 2.75) is 39.5 Å². The number of hydrogen-bond donors (Lipinski definition) is 0. The molecule has 0 saturated heterocycles. The average Bonchev–Trinajstić information content (AvgIpc) is 3.64. The van der Waals surface area contributed by atoms with Crippen LogP contribution in [0.1, 0.15) is 50.7 Å². The maximum atomic E-state index is 6.11. The zero-order chi connectivity index (χ0) is 30.2. The predicted molar refractivity (Wildman–Crippen MR) is 174 cm³/mol. The van der Waals surface area contributed by atoms with Crippen molar-refractivity contribution < 1.29 is 18.3 Å². The van der Waals surface area contributed by atoms with Crippen LogP contribution in [0.25, 0.3) is 45.1 Å². The summed E-state index contributed by atoms with van der Waals surface area (Å²) in [6.07, 6.45) is 0. The van der Waals surface area contributed by atoms with Crippen molar-refractivity contribution in [1.29, 1.82) is 0 Å². The molecule has 0 spiro atoms. The van der Waals surface area contributed by atoms with E-state index in [1.165, 1.54) is 11.1 Å². The van der Waals surface area contributed by atoms with Crippen LogP contribution in [0.15, 0.2) is 118 Å². The third-order valence-electron chi connectivity index (χ3n) is 7.67. The molecule has 218 valence electrons. The molecule has 6 heteroatoms. The summed E-state index contributed by atoms with van der Waals surface area (Å²) in [4.78, 5) is 9.43. The van der Waals surface area contributed by atoms with Crippen molar-refractivity contribution in [3.8, 4) is 45.9 Å². The van der Waals surface area contributed by atoms with Gasteiger partial charge in [-0.25, -0.2) is 9.97 Å². The number of fused-ring (bicyclic) bond motifs is 2. The third-order valence-corrected chi connectivity index (χ3v) is 7.67. The van der Waals surface area contributed by atoms with Crippen molar-refractivity contribution in [3.63, 3.8) is 0 Å². The predicted octanol–water partition coefficient (Wildman–Crippen LogP) is 11.1. The Kier molecular flexibility index (Phi) is 7.10. The topological polar surface area (TPSA) is 70.5 Å². The lowest BCUT2D eigenvalue weighted by Crippen LogP contribution is -1.88. The van der Waals surface area contributed by atoms with Gasteiger partial charge in [-0.1, -0.05) is 52.0 Å². The van der Waals surface area contributed by atoms with Gasteiger partial charge in [0.2, 0.25) is 11.8 Å². The van der Waals surface area contributed by atoms with Gasteiger partial charge in [-0.3, -0.25) is 0 Å². The molecule has 2 heterocycles. The fraction of sp³-hybridized carbons (Fsp3) is 0.158. The summed E-state index contributed by atoms with van der Waals surface area (Å²) in [5.41, 5.74) is 6.96. The Morgan fingerprint density at radius 3 is 1.14 bits per heavy atom. The van der Waals surface area contributed by atoms with E-state index >= 15 is 0 Å². The Bertz CT molecular complexity index is 1840. The van der Waals surface area contributed by atoms with Crippen LogP contribution < -0.4 is 9.47 Å². The smallest absolute Gasteiger partial charge is 0.227 e. The molecular formula is C38H32N2O4. The van der Waals surface area contributed by atoms with E-state index in [0.29, 0.717) is 45.8 Å². The average molecular weight is 581 g/mol. The number of rotatable bonds is 8. The van der Waals surface area contributed by atoms with E-state index in [1.807, 2.05) is 84.9 Å². The summed E-state index contributed by atoms with van der Waals surface area (Å²) < 4.78 is 24.3. The van der Waals surface area contributed by atoms with Gasteiger partial charge in [0, 0.05) is 17.2 Å². The molecule has 0 radical (unpaired) electrons. The van der Waals surface area contributed by atoms with Gasteiger partial charge in [0.25, 0.3) is 0 Å². The maximum Gasteiger partial charge on any atom is 0.227 e. The van der Waals surface area contributed by atoms with Crippen LogP contribution in [0.2, 0.25) is 0 Å². The Hall–Kier alpha value is -5.36. The third kappa shape index (κ3) is 5.66. The lowest BCUT2D eigenvalue weighted by molar-refractivity contribution is 0.482. The molecule has 0 saturated carbocycles. The van der Waals surface area contributed by atoms with Crippen LogP contribution in [0.5, 0.6) is 23.0 Å². The van der Waals surface area contributed by atoms with Crippen LogP contribution in [-0.2, 0) is 0 Å². The molecule has 0 amide bonds. The Morgan fingerprint density at radius 2 is 0.795 bits per heavy atom. The Balaban J connectivity index is 1.05.